The molecule has 0 rings (SSSR count). The zero-order valence-electron chi connectivity index (χ0n) is 6.80. The first kappa shape index (κ1) is 16.6. The average Bonchev–Trinajstić information content (AvgIpc) is 2.17. The average molecular weight is 265 g/mol. The van der Waals surface area contributed by atoms with E-state index < -0.39 is 37.0 Å². The van der Waals surface area contributed by atoms with Crippen molar-refractivity contribution in [2.75, 3.05) is 20.0 Å². The molecular weight excluding hydrogens is 257 g/mol. The summed E-state index contributed by atoms with van der Waals surface area (Å²) in [5, 5.41) is -2.78. The van der Waals surface area contributed by atoms with Crippen LogP contribution in [0.15, 0.2) is 0 Å². The molecule has 0 heterocycles. The third kappa shape index (κ3) is 10.2. The lowest BCUT2D eigenvalue weighted by Crippen LogP contribution is -2.19. The van der Waals surface area contributed by atoms with E-state index in [9.17, 15) is 26.3 Å². The number of rotatable bonds is 4. The Morgan fingerprint density at radius 1 is 1.07 bits per heavy atom. The minimum atomic E-state index is -2.78. The molecule has 0 nitrogen and oxygen atoms in total. The lowest BCUT2D eigenvalue weighted by Gasteiger charge is -2.04. The largest absolute Gasteiger partial charge is 0.248 e. The molecule has 0 aromatic carbocycles. The minimum absolute atomic E-state index is 1.36. The number of hydrogen-bond acceptors (Lipinski definition) is 0. The second-order valence-electron chi connectivity index (χ2n) is 2.13. The van der Waals surface area contributed by atoms with Crippen LogP contribution >= 0.6 is 23.2 Å². The van der Waals surface area contributed by atoms with Crippen molar-refractivity contribution in [3.05, 3.63) is 0 Å². The Kier molecular flexibility index (Phi) is 10.0. The van der Waals surface area contributed by atoms with E-state index >= 15 is 0 Å². The Balaban J connectivity index is 0. The molecule has 0 aliphatic heterocycles. The number of halogens is 8. The zero-order chi connectivity index (χ0) is 11.8. The Bertz CT molecular complexity index is 125. The summed E-state index contributed by atoms with van der Waals surface area (Å²) in [4.78, 5) is 0. The molecule has 0 aliphatic carbocycles. The highest BCUT2D eigenvalue weighted by Crippen LogP contribution is 2.17. The first-order valence-electron chi connectivity index (χ1n) is 3.28. The maximum atomic E-state index is 11.6. The lowest BCUT2D eigenvalue weighted by atomic mass is 10.5. The summed E-state index contributed by atoms with van der Waals surface area (Å²) in [5.41, 5.74) is -2.20. The predicted molar refractivity (Wildman–Crippen MR) is 43.3 cm³/mol. The maximum absolute atomic E-state index is 11.6. The van der Waals surface area contributed by atoms with E-state index in [1.165, 1.54) is 0 Å². The van der Waals surface area contributed by atoms with E-state index in [1.807, 2.05) is 0 Å². The summed E-state index contributed by atoms with van der Waals surface area (Å²) in [5.74, 6) is 0. The first-order valence-corrected chi connectivity index (χ1v) is 4.10. The van der Waals surface area contributed by atoms with Gasteiger partial charge in [0.15, 0.2) is 6.17 Å². The van der Waals surface area contributed by atoms with Crippen LogP contribution in [0.5, 0.6) is 0 Å². The molecule has 0 saturated heterocycles. The van der Waals surface area contributed by atoms with Gasteiger partial charge in [0.1, 0.15) is 20.0 Å². The fourth-order valence-electron chi connectivity index (χ4n) is 0.103. The van der Waals surface area contributed by atoms with Crippen molar-refractivity contribution < 1.29 is 26.3 Å². The van der Waals surface area contributed by atoms with Crippen molar-refractivity contribution >= 4 is 23.2 Å². The van der Waals surface area contributed by atoms with Crippen molar-refractivity contribution in [2.45, 2.75) is 16.9 Å². The van der Waals surface area contributed by atoms with E-state index in [0.717, 1.165) is 0 Å². The molecule has 0 bridgehead atoms. The van der Waals surface area contributed by atoms with Crippen LogP contribution in [-0.2, 0) is 0 Å². The highest BCUT2D eigenvalue weighted by molar-refractivity contribution is 6.23. The summed E-state index contributed by atoms with van der Waals surface area (Å²) < 4.78 is 67.2. The highest BCUT2D eigenvalue weighted by Gasteiger charge is 2.25. The number of alkyl halides is 8. The van der Waals surface area contributed by atoms with Crippen LogP contribution in [0.1, 0.15) is 0 Å². The van der Waals surface area contributed by atoms with Crippen molar-refractivity contribution in [2.24, 2.45) is 0 Å². The summed E-state index contributed by atoms with van der Waals surface area (Å²) in [6.07, 6.45) is -2.17. The van der Waals surface area contributed by atoms with Gasteiger partial charge in [0, 0.05) is 0 Å². The number of hydrogen-bond donors (Lipinski definition) is 0. The van der Waals surface area contributed by atoms with Gasteiger partial charge >= 0.3 is 0 Å². The van der Waals surface area contributed by atoms with Crippen LogP contribution in [0.3, 0.4) is 0 Å². The monoisotopic (exact) mass is 264 g/mol. The molecule has 2 atom stereocenters. The molecule has 0 saturated carbocycles. The molecule has 0 aromatic rings. The summed E-state index contributed by atoms with van der Waals surface area (Å²) in [6.45, 7) is -4.32. The van der Waals surface area contributed by atoms with Gasteiger partial charge in [0.05, 0.1) is 0 Å². The van der Waals surface area contributed by atoms with Crippen molar-refractivity contribution in [1.29, 1.82) is 0 Å². The van der Waals surface area contributed by atoms with Gasteiger partial charge in [-0.1, -0.05) is 23.2 Å². The van der Waals surface area contributed by atoms with Crippen LogP contribution < -0.4 is 0 Å². The summed E-state index contributed by atoms with van der Waals surface area (Å²) in [7, 11) is 0. The van der Waals surface area contributed by atoms with Crippen LogP contribution in [-0.4, -0.2) is 37.0 Å². The van der Waals surface area contributed by atoms with Crippen LogP contribution in [0, 0.1) is 0 Å². The first-order chi connectivity index (χ1) is 6.30. The van der Waals surface area contributed by atoms with E-state index in [0.29, 0.717) is 0 Å². The van der Waals surface area contributed by atoms with Gasteiger partial charge in [-0.15, -0.1) is 0 Å². The maximum Gasteiger partial charge on any atom is 0.239 e. The van der Waals surface area contributed by atoms with Gasteiger partial charge in [-0.2, -0.15) is 0 Å². The van der Waals surface area contributed by atoms with Gasteiger partial charge in [-0.05, 0) is 0 Å². The molecular formula is C6H8Cl2F6. The van der Waals surface area contributed by atoms with E-state index in [1.54, 1.807) is 0 Å². The Morgan fingerprint density at radius 2 is 1.43 bits per heavy atom. The molecule has 88 valence electrons. The smallest absolute Gasteiger partial charge is 0.239 e. The summed E-state index contributed by atoms with van der Waals surface area (Å²) in [6, 6.07) is 0. The molecule has 0 N–H and O–H groups in total. The quantitative estimate of drug-likeness (QED) is 0.537. The zero-order valence-corrected chi connectivity index (χ0v) is 8.31. The Hall–Kier alpha value is 0.160. The van der Waals surface area contributed by atoms with E-state index in [2.05, 4.69) is 23.2 Å². The van der Waals surface area contributed by atoms with Crippen molar-refractivity contribution in [3.63, 3.8) is 0 Å². The van der Waals surface area contributed by atoms with Gasteiger partial charge in [0.2, 0.25) is 10.8 Å². The highest BCUT2D eigenvalue weighted by atomic mass is 35.5. The van der Waals surface area contributed by atoms with Gasteiger partial charge < -0.3 is 0 Å². The third-order valence-corrected chi connectivity index (χ3v) is 1.29. The standard InChI is InChI=1S/2C3H4ClF3/c4-3(7,1-5)2-6;4-3(7)2(6)1-5/h1-2H2;2-3H,1H2. The second kappa shape index (κ2) is 8.47. The van der Waals surface area contributed by atoms with Crippen LogP contribution in [0.2, 0.25) is 0 Å². The SMILES string of the molecule is FCC(F)(Cl)CF.FCC(F)C(F)Cl. The normalized spacial score (nSPS) is 15.4. The summed E-state index contributed by atoms with van der Waals surface area (Å²) >= 11 is 8.94. The van der Waals surface area contributed by atoms with Gasteiger partial charge in [-0.25, -0.2) is 26.3 Å². The molecule has 0 radical (unpaired) electrons. The topological polar surface area (TPSA) is 0 Å². The van der Waals surface area contributed by atoms with E-state index in [-0.39, 0.29) is 0 Å². The predicted octanol–water partition coefficient (Wildman–Crippen LogP) is 3.66. The molecule has 0 aromatic heterocycles. The van der Waals surface area contributed by atoms with Crippen molar-refractivity contribution in [3.8, 4) is 0 Å². The fraction of sp³-hybridized carbons (Fsp3) is 1.00. The van der Waals surface area contributed by atoms with Crippen LogP contribution in [0.4, 0.5) is 26.3 Å². The van der Waals surface area contributed by atoms with Gasteiger partial charge in [0.25, 0.3) is 0 Å². The minimum Gasteiger partial charge on any atom is -0.248 e. The Labute approximate surface area is 87.2 Å². The lowest BCUT2D eigenvalue weighted by molar-refractivity contribution is 0.171. The van der Waals surface area contributed by atoms with Crippen molar-refractivity contribution in [1.82, 2.24) is 0 Å². The second-order valence-corrected chi connectivity index (χ2v) is 3.22. The molecule has 0 aliphatic rings. The van der Waals surface area contributed by atoms with Crippen LogP contribution in [0.25, 0.3) is 0 Å². The molecule has 0 amide bonds. The fourth-order valence-corrected chi connectivity index (χ4v) is 0.170. The Morgan fingerprint density at radius 3 is 1.43 bits per heavy atom. The molecule has 14 heavy (non-hydrogen) atoms. The molecule has 2 unspecified atom stereocenters. The third-order valence-electron chi connectivity index (χ3n) is 0.812. The molecule has 0 spiro atoms. The van der Waals surface area contributed by atoms with Gasteiger partial charge in [-0.3, -0.25) is 0 Å². The molecule has 8 heteroatoms. The molecule has 0 fully saturated rings. The van der Waals surface area contributed by atoms with E-state index in [4.69, 9.17) is 0 Å².